The Morgan fingerprint density at radius 1 is 1.56 bits per heavy atom. The van der Waals surface area contributed by atoms with Crippen molar-refractivity contribution in [1.82, 2.24) is 4.98 Å². The number of anilines is 1. The Kier molecular flexibility index (Phi) is 4.16. The van der Waals surface area contributed by atoms with Crippen molar-refractivity contribution >= 4 is 5.82 Å². The molecule has 18 heavy (non-hydrogen) atoms. The van der Waals surface area contributed by atoms with Gasteiger partial charge >= 0.3 is 0 Å². The average molecular weight is 245 g/mol. The van der Waals surface area contributed by atoms with Crippen molar-refractivity contribution < 1.29 is 4.74 Å². The molecule has 1 aromatic heterocycles. The number of methoxy groups -OCH3 is 1. The second kappa shape index (κ2) is 5.83. The molecule has 4 nitrogen and oxygen atoms in total. The zero-order valence-corrected chi connectivity index (χ0v) is 11.0. The van der Waals surface area contributed by atoms with E-state index >= 15 is 0 Å². The quantitative estimate of drug-likeness (QED) is 0.771. The molecule has 1 unspecified atom stereocenters. The van der Waals surface area contributed by atoms with Gasteiger partial charge in [0.15, 0.2) is 0 Å². The minimum atomic E-state index is 0.487. The van der Waals surface area contributed by atoms with Crippen LogP contribution in [0.1, 0.15) is 25.3 Å². The summed E-state index contributed by atoms with van der Waals surface area (Å²) in [4.78, 5) is 6.66. The zero-order valence-electron chi connectivity index (χ0n) is 11.0. The van der Waals surface area contributed by atoms with E-state index in [0.29, 0.717) is 18.2 Å². The normalized spacial score (nSPS) is 16.1. The van der Waals surface area contributed by atoms with Crippen LogP contribution in [0.4, 0.5) is 5.82 Å². The molecule has 0 N–H and O–H groups in total. The smallest absolute Gasteiger partial charge is 0.128 e. The Morgan fingerprint density at radius 3 is 2.83 bits per heavy atom. The Bertz CT molecular complexity index is 420. The van der Waals surface area contributed by atoms with Gasteiger partial charge in [0.2, 0.25) is 0 Å². The van der Waals surface area contributed by atoms with Gasteiger partial charge in [0.05, 0.1) is 12.2 Å². The molecule has 0 aliphatic heterocycles. The molecule has 2 rings (SSSR count). The Morgan fingerprint density at radius 2 is 2.33 bits per heavy atom. The van der Waals surface area contributed by atoms with Crippen LogP contribution in [0, 0.1) is 17.2 Å². The van der Waals surface area contributed by atoms with Gasteiger partial charge in [-0.05, 0) is 37.8 Å². The lowest BCUT2D eigenvalue weighted by molar-refractivity contribution is 0.202. The predicted octanol–water partition coefficient (Wildman–Crippen LogP) is 2.20. The highest BCUT2D eigenvalue weighted by Crippen LogP contribution is 2.36. The summed E-state index contributed by atoms with van der Waals surface area (Å²) in [6, 6.07) is 6.33. The fourth-order valence-electron chi connectivity index (χ4n) is 2.17. The predicted molar refractivity (Wildman–Crippen MR) is 70.4 cm³/mol. The third-order valence-corrected chi connectivity index (χ3v) is 3.50. The van der Waals surface area contributed by atoms with E-state index in [1.807, 2.05) is 12.1 Å². The fraction of sp³-hybridized carbons (Fsp3) is 0.571. The van der Waals surface area contributed by atoms with Crippen LogP contribution < -0.4 is 4.90 Å². The third-order valence-electron chi connectivity index (χ3n) is 3.50. The highest BCUT2D eigenvalue weighted by atomic mass is 16.5. The number of ether oxygens (including phenoxy) is 1. The first-order valence-electron chi connectivity index (χ1n) is 6.38. The maximum Gasteiger partial charge on any atom is 0.128 e. The molecule has 1 saturated carbocycles. The molecule has 0 aromatic carbocycles. The minimum absolute atomic E-state index is 0.487. The Labute approximate surface area is 108 Å². The van der Waals surface area contributed by atoms with Crippen LogP contribution in [0.25, 0.3) is 0 Å². The maximum atomic E-state index is 8.79. The molecular formula is C14H19N3O. The molecule has 0 spiro atoms. The molecular weight excluding hydrogens is 226 g/mol. The molecule has 0 radical (unpaired) electrons. The van der Waals surface area contributed by atoms with Gasteiger partial charge < -0.3 is 9.64 Å². The van der Waals surface area contributed by atoms with Crippen LogP contribution in [0.15, 0.2) is 18.3 Å². The van der Waals surface area contributed by atoms with E-state index < -0.39 is 0 Å². The van der Waals surface area contributed by atoms with Crippen LogP contribution in [-0.4, -0.2) is 31.3 Å². The summed E-state index contributed by atoms with van der Waals surface area (Å²) < 4.78 is 5.17. The summed E-state index contributed by atoms with van der Waals surface area (Å²) in [5.74, 6) is 1.71. The summed E-state index contributed by atoms with van der Waals surface area (Å²) in [5, 5.41) is 8.79. The molecule has 1 aliphatic carbocycles. The standard InChI is InChI=1S/C14H19N3O/c1-11(13-4-5-13)17(7-8-18-2)14-6-3-12(9-15)10-16-14/h3,6,10-11,13H,4-5,7-8H2,1-2H3. The van der Waals surface area contributed by atoms with E-state index in [2.05, 4.69) is 22.9 Å². The molecule has 0 bridgehead atoms. The first kappa shape index (κ1) is 12.8. The van der Waals surface area contributed by atoms with Crippen molar-refractivity contribution in [1.29, 1.82) is 5.26 Å². The van der Waals surface area contributed by atoms with Crippen LogP contribution >= 0.6 is 0 Å². The van der Waals surface area contributed by atoms with Gasteiger partial charge in [-0.25, -0.2) is 4.98 Å². The highest BCUT2D eigenvalue weighted by Gasteiger charge is 2.32. The maximum absolute atomic E-state index is 8.79. The van der Waals surface area contributed by atoms with Gasteiger partial charge in [0.25, 0.3) is 0 Å². The molecule has 0 saturated heterocycles. The van der Waals surface area contributed by atoms with Crippen LogP contribution in [0.2, 0.25) is 0 Å². The van der Waals surface area contributed by atoms with E-state index in [0.717, 1.165) is 18.3 Å². The summed E-state index contributed by atoms with van der Waals surface area (Å²) in [7, 11) is 1.71. The topological polar surface area (TPSA) is 49.1 Å². The van der Waals surface area contributed by atoms with Gasteiger partial charge in [-0.1, -0.05) is 0 Å². The first-order valence-corrected chi connectivity index (χ1v) is 6.38. The molecule has 1 fully saturated rings. The minimum Gasteiger partial charge on any atom is -0.383 e. The number of hydrogen-bond acceptors (Lipinski definition) is 4. The Balaban J connectivity index is 2.12. The third kappa shape index (κ3) is 2.99. The van der Waals surface area contributed by atoms with Crippen LogP contribution in [0.5, 0.6) is 0 Å². The summed E-state index contributed by atoms with van der Waals surface area (Å²) >= 11 is 0. The molecule has 1 aliphatic rings. The van der Waals surface area contributed by atoms with E-state index in [1.54, 1.807) is 13.3 Å². The molecule has 1 aromatic rings. The number of rotatable bonds is 6. The first-order chi connectivity index (χ1) is 8.76. The second-order valence-electron chi connectivity index (χ2n) is 4.78. The molecule has 4 heteroatoms. The average Bonchev–Trinajstić information content (AvgIpc) is 3.24. The van der Waals surface area contributed by atoms with Gasteiger partial charge in [-0.15, -0.1) is 0 Å². The van der Waals surface area contributed by atoms with Crippen LogP contribution in [-0.2, 0) is 4.74 Å². The summed E-state index contributed by atoms with van der Waals surface area (Å²) in [6.45, 7) is 3.78. The van der Waals surface area contributed by atoms with Crippen molar-refractivity contribution in [3.8, 4) is 6.07 Å². The highest BCUT2D eigenvalue weighted by molar-refractivity contribution is 5.43. The SMILES string of the molecule is COCCN(c1ccc(C#N)cn1)C(C)C1CC1. The molecule has 1 heterocycles. The lowest BCUT2D eigenvalue weighted by Gasteiger charge is -2.30. The monoisotopic (exact) mass is 245 g/mol. The number of nitriles is 1. The largest absolute Gasteiger partial charge is 0.383 e. The van der Waals surface area contributed by atoms with Crippen molar-refractivity contribution in [2.75, 3.05) is 25.2 Å². The van der Waals surface area contributed by atoms with Gasteiger partial charge in [0, 0.05) is 25.9 Å². The number of pyridine rings is 1. The number of hydrogen-bond donors (Lipinski definition) is 0. The van der Waals surface area contributed by atoms with Crippen molar-refractivity contribution in [2.24, 2.45) is 5.92 Å². The van der Waals surface area contributed by atoms with Gasteiger partial charge in [-0.2, -0.15) is 5.26 Å². The number of aromatic nitrogens is 1. The van der Waals surface area contributed by atoms with Crippen molar-refractivity contribution in [3.05, 3.63) is 23.9 Å². The zero-order chi connectivity index (χ0) is 13.0. The van der Waals surface area contributed by atoms with E-state index in [9.17, 15) is 0 Å². The van der Waals surface area contributed by atoms with Crippen LogP contribution in [0.3, 0.4) is 0 Å². The van der Waals surface area contributed by atoms with E-state index in [4.69, 9.17) is 10.00 Å². The molecule has 1 atom stereocenters. The summed E-state index contributed by atoms with van der Waals surface area (Å²) in [5.41, 5.74) is 0.601. The van der Waals surface area contributed by atoms with E-state index in [1.165, 1.54) is 12.8 Å². The molecule has 0 amide bonds. The van der Waals surface area contributed by atoms with Crippen molar-refractivity contribution in [3.63, 3.8) is 0 Å². The van der Waals surface area contributed by atoms with Crippen molar-refractivity contribution in [2.45, 2.75) is 25.8 Å². The summed E-state index contributed by atoms with van der Waals surface area (Å²) in [6.07, 6.45) is 4.25. The fourth-order valence-corrected chi connectivity index (χ4v) is 2.17. The second-order valence-corrected chi connectivity index (χ2v) is 4.78. The van der Waals surface area contributed by atoms with Gasteiger partial charge in [0.1, 0.15) is 11.9 Å². The Hall–Kier alpha value is -1.60. The number of nitrogens with zero attached hydrogens (tertiary/aromatic N) is 3. The lowest BCUT2D eigenvalue weighted by atomic mass is 10.1. The molecule has 96 valence electrons. The lowest BCUT2D eigenvalue weighted by Crippen LogP contribution is -2.37. The van der Waals surface area contributed by atoms with E-state index in [-0.39, 0.29) is 0 Å². The van der Waals surface area contributed by atoms with Gasteiger partial charge in [-0.3, -0.25) is 0 Å².